The number of rotatable bonds is 5. The van der Waals surface area contributed by atoms with Gasteiger partial charge in [-0.3, -0.25) is 0 Å². The van der Waals surface area contributed by atoms with Gasteiger partial charge in [-0.2, -0.15) is 0 Å². The van der Waals surface area contributed by atoms with Crippen molar-refractivity contribution in [1.82, 2.24) is 0 Å². The van der Waals surface area contributed by atoms with Crippen LogP contribution < -0.4 is 10.5 Å². The van der Waals surface area contributed by atoms with Crippen molar-refractivity contribution >= 4 is 15.7 Å². The number of nitrogens with two attached hydrogens (primary N) is 1. The van der Waals surface area contributed by atoms with Gasteiger partial charge in [-0.25, -0.2) is 13.6 Å². The number of benzene rings is 1. The molecule has 6 heteroatoms. The Bertz CT molecular complexity index is 454. The summed E-state index contributed by atoms with van der Waals surface area (Å²) in [7, 11) is -3.65. The van der Waals surface area contributed by atoms with Crippen LogP contribution in [0.25, 0.3) is 0 Å². The Hall–Kier alpha value is -1.11. The molecule has 0 amide bonds. The van der Waals surface area contributed by atoms with Crippen LogP contribution >= 0.6 is 0 Å². The molecule has 4 N–H and O–H groups in total. The van der Waals surface area contributed by atoms with Gasteiger partial charge in [0.15, 0.2) is 0 Å². The molecule has 96 valence electrons. The highest BCUT2D eigenvalue weighted by atomic mass is 32.2. The minimum absolute atomic E-state index is 0.0224. The first-order valence-electron chi connectivity index (χ1n) is 5.35. The summed E-state index contributed by atoms with van der Waals surface area (Å²) in [4.78, 5) is 0.0770. The first-order chi connectivity index (χ1) is 7.84. The zero-order valence-electron chi connectivity index (χ0n) is 9.92. The zero-order valence-corrected chi connectivity index (χ0v) is 10.7. The lowest BCUT2D eigenvalue weighted by atomic mass is 10.1. The molecule has 1 atom stereocenters. The molecule has 1 aromatic carbocycles. The summed E-state index contributed by atoms with van der Waals surface area (Å²) in [6.45, 7) is 4.01. The SMILES string of the molecule is CC(C)[C@@H](CO)Nc1ccc(S(N)(=O)=O)cc1. The molecule has 0 aliphatic heterocycles. The monoisotopic (exact) mass is 258 g/mol. The lowest BCUT2D eigenvalue weighted by Gasteiger charge is -2.21. The molecule has 0 aromatic heterocycles. The molecule has 0 bridgehead atoms. The van der Waals surface area contributed by atoms with Crippen LogP contribution in [0, 0.1) is 5.92 Å². The Morgan fingerprint density at radius 1 is 1.29 bits per heavy atom. The molecule has 1 aromatic rings. The normalized spacial score (nSPS) is 13.7. The summed E-state index contributed by atoms with van der Waals surface area (Å²) in [5.74, 6) is 0.276. The van der Waals surface area contributed by atoms with Gasteiger partial charge in [0.05, 0.1) is 17.5 Å². The van der Waals surface area contributed by atoms with E-state index in [2.05, 4.69) is 5.32 Å². The second-order valence-corrected chi connectivity index (χ2v) is 5.81. The second kappa shape index (κ2) is 5.48. The fraction of sp³-hybridized carbons (Fsp3) is 0.455. The maximum absolute atomic E-state index is 11.0. The van der Waals surface area contributed by atoms with Crippen LogP contribution in [0.2, 0.25) is 0 Å². The molecule has 1 rings (SSSR count). The highest BCUT2D eigenvalue weighted by Gasteiger charge is 2.12. The van der Waals surface area contributed by atoms with Crippen LogP contribution in [-0.2, 0) is 10.0 Å². The van der Waals surface area contributed by atoms with Crippen molar-refractivity contribution in [2.45, 2.75) is 24.8 Å². The predicted molar refractivity (Wildman–Crippen MR) is 67.1 cm³/mol. The Morgan fingerprint density at radius 3 is 2.18 bits per heavy atom. The van der Waals surface area contributed by atoms with Crippen LogP contribution in [0.1, 0.15) is 13.8 Å². The third kappa shape index (κ3) is 3.99. The van der Waals surface area contributed by atoms with Crippen LogP contribution in [-0.4, -0.2) is 26.2 Å². The molecular formula is C11H18N2O3S. The van der Waals surface area contributed by atoms with E-state index in [1.54, 1.807) is 12.1 Å². The van der Waals surface area contributed by atoms with Crippen molar-refractivity contribution in [3.8, 4) is 0 Å². The molecule has 0 radical (unpaired) electrons. The number of aliphatic hydroxyl groups is 1. The van der Waals surface area contributed by atoms with Crippen LogP contribution in [0.4, 0.5) is 5.69 Å². The number of hydrogen-bond acceptors (Lipinski definition) is 4. The maximum atomic E-state index is 11.0. The summed E-state index contributed by atoms with van der Waals surface area (Å²) in [5.41, 5.74) is 0.755. The lowest BCUT2D eigenvalue weighted by molar-refractivity contribution is 0.249. The van der Waals surface area contributed by atoms with Crippen molar-refractivity contribution < 1.29 is 13.5 Å². The number of nitrogens with one attached hydrogen (secondary N) is 1. The molecule has 0 aliphatic carbocycles. The molecule has 0 saturated carbocycles. The largest absolute Gasteiger partial charge is 0.394 e. The van der Waals surface area contributed by atoms with E-state index in [4.69, 9.17) is 10.2 Å². The number of aliphatic hydroxyl groups excluding tert-OH is 1. The molecule has 5 nitrogen and oxygen atoms in total. The number of sulfonamides is 1. The van der Waals surface area contributed by atoms with E-state index in [0.29, 0.717) is 0 Å². The molecule has 0 aliphatic rings. The molecule has 0 saturated heterocycles. The van der Waals surface area contributed by atoms with Crippen LogP contribution in [0.3, 0.4) is 0 Å². The third-order valence-electron chi connectivity index (χ3n) is 2.54. The summed E-state index contributed by atoms with van der Waals surface area (Å²) < 4.78 is 22.1. The second-order valence-electron chi connectivity index (χ2n) is 4.25. The van der Waals surface area contributed by atoms with Gasteiger partial charge in [-0.15, -0.1) is 0 Å². The van der Waals surface area contributed by atoms with Gasteiger partial charge in [0, 0.05) is 5.69 Å². The maximum Gasteiger partial charge on any atom is 0.238 e. The van der Waals surface area contributed by atoms with Crippen LogP contribution in [0.15, 0.2) is 29.2 Å². The van der Waals surface area contributed by atoms with E-state index in [-0.39, 0.29) is 23.5 Å². The van der Waals surface area contributed by atoms with Gasteiger partial charge >= 0.3 is 0 Å². The fourth-order valence-corrected chi connectivity index (χ4v) is 1.89. The molecule has 0 fully saturated rings. The average molecular weight is 258 g/mol. The summed E-state index contributed by atoms with van der Waals surface area (Å²) >= 11 is 0. The minimum atomic E-state index is -3.65. The van der Waals surface area contributed by atoms with Crippen LogP contribution in [0.5, 0.6) is 0 Å². The predicted octanol–water partition coefficient (Wildman–Crippen LogP) is 0.763. The number of hydrogen-bond donors (Lipinski definition) is 3. The Labute approximate surface area is 102 Å². The quantitative estimate of drug-likeness (QED) is 0.727. The average Bonchev–Trinajstić information content (AvgIpc) is 2.25. The van der Waals surface area contributed by atoms with E-state index >= 15 is 0 Å². The Morgan fingerprint density at radius 2 is 1.82 bits per heavy atom. The highest BCUT2D eigenvalue weighted by molar-refractivity contribution is 7.89. The topological polar surface area (TPSA) is 92.4 Å². The minimum Gasteiger partial charge on any atom is -0.394 e. The summed E-state index contributed by atoms with van der Waals surface area (Å²) in [5, 5.41) is 17.3. The van der Waals surface area contributed by atoms with E-state index in [9.17, 15) is 8.42 Å². The lowest BCUT2D eigenvalue weighted by Crippen LogP contribution is -2.29. The van der Waals surface area contributed by atoms with Gasteiger partial charge in [-0.05, 0) is 30.2 Å². The van der Waals surface area contributed by atoms with E-state index in [1.165, 1.54) is 12.1 Å². The van der Waals surface area contributed by atoms with Gasteiger partial charge in [0.2, 0.25) is 10.0 Å². The Balaban J connectivity index is 2.82. The number of primary sulfonamides is 1. The number of anilines is 1. The molecule has 17 heavy (non-hydrogen) atoms. The summed E-state index contributed by atoms with van der Waals surface area (Å²) in [6.07, 6.45) is 0. The van der Waals surface area contributed by atoms with Crippen molar-refractivity contribution in [2.75, 3.05) is 11.9 Å². The Kier molecular flexibility index (Phi) is 4.50. The first kappa shape index (κ1) is 14.0. The summed E-state index contributed by atoms with van der Waals surface area (Å²) in [6, 6.07) is 6.07. The molecule has 0 unspecified atom stereocenters. The van der Waals surface area contributed by atoms with Crippen molar-refractivity contribution in [1.29, 1.82) is 0 Å². The molecule has 0 heterocycles. The van der Waals surface area contributed by atoms with Crippen molar-refractivity contribution in [3.63, 3.8) is 0 Å². The van der Waals surface area contributed by atoms with E-state index in [0.717, 1.165) is 5.69 Å². The third-order valence-corrected chi connectivity index (χ3v) is 3.47. The van der Waals surface area contributed by atoms with Gasteiger partial charge in [0.1, 0.15) is 0 Å². The van der Waals surface area contributed by atoms with Gasteiger partial charge < -0.3 is 10.4 Å². The van der Waals surface area contributed by atoms with Gasteiger partial charge in [-0.1, -0.05) is 13.8 Å². The highest BCUT2D eigenvalue weighted by Crippen LogP contribution is 2.15. The van der Waals surface area contributed by atoms with Gasteiger partial charge in [0.25, 0.3) is 0 Å². The smallest absolute Gasteiger partial charge is 0.238 e. The standard InChI is InChI=1S/C11H18N2O3S/c1-8(2)11(7-14)13-9-3-5-10(6-4-9)17(12,15)16/h3-6,8,11,13-14H,7H2,1-2H3,(H2,12,15,16)/t11-/m1/s1. The fourth-order valence-electron chi connectivity index (χ4n) is 1.38. The molecular weight excluding hydrogens is 240 g/mol. The van der Waals surface area contributed by atoms with E-state index < -0.39 is 10.0 Å². The first-order valence-corrected chi connectivity index (χ1v) is 6.89. The molecule has 0 spiro atoms. The van der Waals surface area contributed by atoms with E-state index in [1.807, 2.05) is 13.8 Å². The zero-order chi connectivity index (χ0) is 13.1. The van der Waals surface area contributed by atoms with Crippen molar-refractivity contribution in [2.24, 2.45) is 11.1 Å². The van der Waals surface area contributed by atoms with Crippen molar-refractivity contribution in [3.05, 3.63) is 24.3 Å².